The van der Waals surface area contributed by atoms with Crippen LogP contribution in [-0.2, 0) is 4.79 Å². The van der Waals surface area contributed by atoms with Crippen molar-refractivity contribution in [2.75, 3.05) is 11.9 Å². The van der Waals surface area contributed by atoms with Gasteiger partial charge < -0.3 is 5.73 Å². The number of hydrogen-bond donors (Lipinski definition) is 2. The minimum atomic E-state index is -0.267. The number of nitrogens with one attached hydrogen (secondary N) is 1. The second-order valence-electron chi connectivity index (χ2n) is 3.53. The van der Waals surface area contributed by atoms with Crippen molar-refractivity contribution in [3.05, 3.63) is 29.8 Å². The Morgan fingerprint density at radius 3 is 3.00 bits per heavy atom. The zero-order valence-corrected chi connectivity index (χ0v) is 10.1. The van der Waals surface area contributed by atoms with Gasteiger partial charge in [0.1, 0.15) is 5.01 Å². The van der Waals surface area contributed by atoms with E-state index in [2.05, 4.69) is 15.5 Å². The van der Waals surface area contributed by atoms with Gasteiger partial charge in [0.25, 0.3) is 0 Å². The molecule has 0 aliphatic heterocycles. The summed E-state index contributed by atoms with van der Waals surface area (Å²) in [5, 5.41) is 11.7. The molecule has 0 fully saturated rings. The molecule has 17 heavy (non-hydrogen) atoms. The number of hydrogen-bond acceptors (Lipinski definition) is 5. The smallest absolute Gasteiger partial charge is 0.239 e. The van der Waals surface area contributed by atoms with E-state index in [1.807, 2.05) is 31.2 Å². The van der Waals surface area contributed by atoms with Gasteiger partial charge in [-0.1, -0.05) is 35.1 Å². The van der Waals surface area contributed by atoms with Gasteiger partial charge in [0.15, 0.2) is 0 Å². The first-order valence-corrected chi connectivity index (χ1v) is 5.91. The van der Waals surface area contributed by atoms with Gasteiger partial charge in [-0.05, 0) is 13.0 Å². The van der Waals surface area contributed by atoms with Crippen LogP contribution in [0.3, 0.4) is 0 Å². The maximum absolute atomic E-state index is 11.1. The molecular formula is C11H12N4OS. The number of amides is 1. The van der Waals surface area contributed by atoms with Gasteiger partial charge in [-0.25, -0.2) is 0 Å². The van der Waals surface area contributed by atoms with E-state index in [9.17, 15) is 4.79 Å². The highest BCUT2D eigenvalue weighted by molar-refractivity contribution is 7.18. The van der Waals surface area contributed by atoms with Crippen molar-refractivity contribution in [1.82, 2.24) is 10.2 Å². The SMILES string of the molecule is Cc1cccc(-c2nnc(NC(=O)CN)s2)c1. The minimum absolute atomic E-state index is 0.0562. The first-order chi connectivity index (χ1) is 8.19. The Kier molecular flexibility index (Phi) is 3.46. The van der Waals surface area contributed by atoms with E-state index in [1.165, 1.54) is 11.3 Å². The van der Waals surface area contributed by atoms with Crippen LogP contribution in [0, 0.1) is 6.92 Å². The summed E-state index contributed by atoms with van der Waals surface area (Å²) in [5.41, 5.74) is 7.36. The molecular weight excluding hydrogens is 236 g/mol. The molecule has 3 N–H and O–H groups in total. The Morgan fingerprint density at radius 2 is 2.29 bits per heavy atom. The van der Waals surface area contributed by atoms with Crippen molar-refractivity contribution >= 4 is 22.4 Å². The normalized spacial score (nSPS) is 10.2. The van der Waals surface area contributed by atoms with Gasteiger partial charge >= 0.3 is 0 Å². The van der Waals surface area contributed by atoms with Crippen molar-refractivity contribution in [1.29, 1.82) is 0 Å². The molecule has 1 heterocycles. The molecule has 0 spiro atoms. The first kappa shape index (κ1) is 11.7. The van der Waals surface area contributed by atoms with E-state index in [1.54, 1.807) is 0 Å². The van der Waals surface area contributed by atoms with E-state index in [-0.39, 0.29) is 12.5 Å². The third-order valence-electron chi connectivity index (χ3n) is 2.12. The summed E-state index contributed by atoms with van der Waals surface area (Å²) in [5.74, 6) is -0.267. The van der Waals surface area contributed by atoms with Gasteiger partial charge in [-0.2, -0.15) is 0 Å². The molecule has 1 aromatic heterocycles. The molecule has 0 saturated heterocycles. The molecule has 1 aromatic carbocycles. The molecule has 0 aliphatic rings. The molecule has 0 atom stereocenters. The Labute approximate surface area is 103 Å². The summed E-state index contributed by atoms with van der Waals surface area (Å²) in [6.45, 7) is 1.96. The number of nitrogens with two attached hydrogens (primary N) is 1. The topological polar surface area (TPSA) is 80.9 Å². The summed E-state index contributed by atoms with van der Waals surface area (Å²) >= 11 is 1.33. The third kappa shape index (κ3) is 2.86. The molecule has 5 nitrogen and oxygen atoms in total. The average Bonchev–Trinajstić information content (AvgIpc) is 2.77. The van der Waals surface area contributed by atoms with Crippen LogP contribution in [0.4, 0.5) is 5.13 Å². The van der Waals surface area contributed by atoms with Gasteiger partial charge in [0.05, 0.1) is 6.54 Å². The van der Waals surface area contributed by atoms with Crippen LogP contribution < -0.4 is 11.1 Å². The number of benzene rings is 1. The highest BCUT2D eigenvalue weighted by Gasteiger charge is 2.08. The largest absolute Gasteiger partial charge is 0.322 e. The molecule has 0 saturated carbocycles. The van der Waals surface area contributed by atoms with Crippen molar-refractivity contribution in [3.8, 4) is 10.6 Å². The van der Waals surface area contributed by atoms with Gasteiger partial charge in [-0.15, -0.1) is 10.2 Å². The molecule has 2 aromatic rings. The quantitative estimate of drug-likeness (QED) is 0.860. The van der Waals surface area contributed by atoms with E-state index in [0.717, 1.165) is 16.1 Å². The molecule has 88 valence electrons. The van der Waals surface area contributed by atoms with Gasteiger partial charge in [0, 0.05) is 5.56 Å². The summed E-state index contributed by atoms with van der Waals surface area (Å²) < 4.78 is 0. The number of nitrogens with zero attached hydrogens (tertiary/aromatic N) is 2. The van der Waals surface area contributed by atoms with E-state index >= 15 is 0 Å². The van der Waals surface area contributed by atoms with Gasteiger partial charge in [0.2, 0.25) is 11.0 Å². The van der Waals surface area contributed by atoms with Crippen LogP contribution in [0.1, 0.15) is 5.56 Å². The fourth-order valence-corrected chi connectivity index (χ4v) is 2.09. The van der Waals surface area contributed by atoms with E-state index in [0.29, 0.717) is 5.13 Å². The van der Waals surface area contributed by atoms with Crippen molar-refractivity contribution in [3.63, 3.8) is 0 Å². The molecule has 2 rings (SSSR count). The molecule has 1 amide bonds. The van der Waals surface area contributed by atoms with E-state index in [4.69, 9.17) is 5.73 Å². The van der Waals surface area contributed by atoms with Crippen LogP contribution in [0.5, 0.6) is 0 Å². The lowest BCUT2D eigenvalue weighted by Crippen LogP contribution is -2.21. The number of carbonyl (C=O) groups excluding carboxylic acids is 1. The maximum Gasteiger partial charge on any atom is 0.239 e. The lowest BCUT2D eigenvalue weighted by atomic mass is 10.1. The van der Waals surface area contributed by atoms with Crippen LogP contribution in [0.15, 0.2) is 24.3 Å². The third-order valence-corrected chi connectivity index (χ3v) is 3.01. The van der Waals surface area contributed by atoms with Crippen LogP contribution >= 0.6 is 11.3 Å². The highest BCUT2D eigenvalue weighted by atomic mass is 32.1. The Morgan fingerprint density at radius 1 is 1.47 bits per heavy atom. The van der Waals surface area contributed by atoms with Crippen molar-refractivity contribution in [2.45, 2.75) is 6.92 Å². The first-order valence-electron chi connectivity index (χ1n) is 5.09. The molecule has 6 heteroatoms. The fourth-order valence-electron chi connectivity index (χ4n) is 1.34. The summed E-state index contributed by atoms with van der Waals surface area (Å²) in [6.07, 6.45) is 0. The zero-order valence-electron chi connectivity index (χ0n) is 9.30. The predicted octanol–water partition coefficient (Wildman–Crippen LogP) is 1.41. The monoisotopic (exact) mass is 248 g/mol. The van der Waals surface area contributed by atoms with Crippen molar-refractivity contribution in [2.24, 2.45) is 5.73 Å². The molecule has 0 aliphatic carbocycles. The van der Waals surface area contributed by atoms with Crippen molar-refractivity contribution < 1.29 is 4.79 Å². The molecule has 0 unspecified atom stereocenters. The number of rotatable bonds is 3. The lowest BCUT2D eigenvalue weighted by Gasteiger charge is -1.96. The number of anilines is 1. The Bertz CT molecular complexity index is 538. The predicted molar refractivity (Wildman–Crippen MR) is 67.8 cm³/mol. The molecule has 0 radical (unpaired) electrons. The van der Waals surface area contributed by atoms with E-state index < -0.39 is 0 Å². The van der Waals surface area contributed by atoms with Crippen LogP contribution in [0.25, 0.3) is 10.6 Å². The second-order valence-corrected chi connectivity index (χ2v) is 4.51. The number of carbonyl (C=O) groups is 1. The highest BCUT2D eigenvalue weighted by Crippen LogP contribution is 2.26. The van der Waals surface area contributed by atoms with Crippen LogP contribution in [0.2, 0.25) is 0 Å². The van der Waals surface area contributed by atoms with Gasteiger partial charge in [-0.3, -0.25) is 10.1 Å². The fraction of sp³-hybridized carbons (Fsp3) is 0.182. The number of aryl methyl sites for hydroxylation is 1. The minimum Gasteiger partial charge on any atom is -0.322 e. The maximum atomic E-state index is 11.1. The summed E-state index contributed by atoms with van der Waals surface area (Å²) in [7, 11) is 0. The average molecular weight is 248 g/mol. The van der Waals surface area contributed by atoms with Crippen LogP contribution in [-0.4, -0.2) is 22.6 Å². The number of aromatic nitrogens is 2. The summed E-state index contributed by atoms with van der Waals surface area (Å²) in [6, 6.07) is 7.96. The Balaban J connectivity index is 2.21. The standard InChI is InChI=1S/C11H12N4OS/c1-7-3-2-4-8(5-7)10-14-15-11(17-10)13-9(16)6-12/h2-5H,6,12H2,1H3,(H,13,15,16). The summed E-state index contributed by atoms with van der Waals surface area (Å²) in [4.78, 5) is 11.1. The lowest BCUT2D eigenvalue weighted by molar-refractivity contribution is -0.114. The Hall–Kier alpha value is -1.79. The zero-order chi connectivity index (χ0) is 12.3. The second kappa shape index (κ2) is 5.03. The molecule has 0 bridgehead atoms.